The van der Waals surface area contributed by atoms with E-state index in [1.165, 1.54) is 49.7 Å². The molecule has 0 spiro atoms. The number of hydrogen-bond acceptors (Lipinski definition) is 2. The Balaban J connectivity index is 1.25. The Morgan fingerprint density at radius 1 is 0.583 bits per heavy atom. The van der Waals surface area contributed by atoms with Crippen LogP contribution in [0.4, 0.5) is 0 Å². The first-order chi connectivity index (χ1) is 17.8. The minimum atomic E-state index is 0.0325. The van der Waals surface area contributed by atoms with E-state index in [1.807, 2.05) is 12.3 Å². The molecule has 4 aromatic carbocycles. The smallest absolute Gasteiger partial charge is 0.103 e. The van der Waals surface area contributed by atoms with Crippen molar-refractivity contribution >= 4 is 22.6 Å². The third-order valence-corrected chi connectivity index (χ3v) is 7.79. The zero-order valence-corrected chi connectivity index (χ0v) is 19.6. The van der Waals surface area contributed by atoms with Gasteiger partial charge in [0.25, 0.3) is 0 Å². The van der Waals surface area contributed by atoms with Crippen LogP contribution >= 0.6 is 0 Å². The van der Waals surface area contributed by atoms with Gasteiger partial charge in [-0.2, -0.15) is 0 Å². The molecule has 0 fully saturated rings. The van der Waals surface area contributed by atoms with Crippen molar-refractivity contribution in [2.45, 2.75) is 6.04 Å². The quantitative estimate of drug-likeness (QED) is 0.256. The summed E-state index contributed by atoms with van der Waals surface area (Å²) in [6, 6.07) is 33.0. The van der Waals surface area contributed by atoms with Crippen LogP contribution in [0.15, 0.2) is 120 Å². The molecule has 0 radical (unpaired) electrons. The van der Waals surface area contributed by atoms with Gasteiger partial charge in [0.05, 0.1) is 11.4 Å². The van der Waals surface area contributed by atoms with Gasteiger partial charge in [0.1, 0.15) is 6.04 Å². The normalized spacial score (nSPS) is 18.5. The second-order valence-electron chi connectivity index (χ2n) is 9.75. The Morgan fingerprint density at radius 2 is 1.33 bits per heavy atom. The summed E-state index contributed by atoms with van der Waals surface area (Å²) in [5, 5.41) is 2.66. The van der Waals surface area contributed by atoms with Crippen molar-refractivity contribution in [1.29, 1.82) is 0 Å². The highest BCUT2D eigenvalue weighted by Crippen LogP contribution is 2.49. The average molecular weight is 459 g/mol. The molecule has 2 heterocycles. The lowest BCUT2D eigenvalue weighted by Crippen LogP contribution is -2.19. The SMILES string of the molecule is C1=CC2C=Cc3cccnc3C2N=C1c1cccc(-c2ccc3c4c(cccc24)-c2ccccc2-3)c1. The van der Waals surface area contributed by atoms with E-state index >= 15 is 0 Å². The number of aromatic nitrogens is 1. The van der Waals surface area contributed by atoms with Crippen LogP contribution in [0.1, 0.15) is 22.9 Å². The summed E-state index contributed by atoms with van der Waals surface area (Å²) in [5.41, 5.74) is 12.2. The number of benzene rings is 4. The van der Waals surface area contributed by atoms with Crippen molar-refractivity contribution in [1.82, 2.24) is 4.98 Å². The first kappa shape index (κ1) is 19.7. The predicted molar refractivity (Wildman–Crippen MR) is 149 cm³/mol. The van der Waals surface area contributed by atoms with E-state index < -0.39 is 0 Å². The van der Waals surface area contributed by atoms with Crippen LogP contribution in [0.25, 0.3) is 50.2 Å². The van der Waals surface area contributed by atoms with Crippen LogP contribution < -0.4 is 0 Å². The van der Waals surface area contributed by atoms with E-state index in [4.69, 9.17) is 4.99 Å². The Labute approximate surface area is 210 Å². The molecule has 2 aliphatic carbocycles. The first-order valence-electron chi connectivity index (χ1n) is 12.5. The highest BCUT2D eigenvalue weighted by molar-refractivity contribution is 6.19. The minimum absolute atomic E-state index is 0.0325. The van der Waals surface area contributed by atoms with Gasteiger partial charge < -0.3 is 0 Å². The molecular weight excluding hydrogens is 436 g/mol. The van der Waals surface area contributed by atoms with Crippen LogP contribution in [-0.4, -0.2) is 10.7 Å². The van der Waals surface area contributed by atoms with Gasteiger partial charge >= 0.3 is 0 Å². The zero-order chi connectivity index (χ0) is 23.6. The van der Waals surface area contributed by atoms with Crippen molar-refractivity contribution in [3.05, 3.63) is 132 Å². The van der Waals surface area contributed by atoms with E-state index in [2.05, 4.69) is 114 Å². The maximum atomic E-state index is 5.19. The lowest BCUT2D eigenvalue weighted by Gasteiger charge is -2.27. The van der Waals surface area contributed by atoms with Gasteiger partial charge in [-0.1, -0.05) is 97.1 Å². The summed E-state index contributed by atoms with van der Waals surface area (Å²) >= 11 is 0. The Hall–Kier alpha value is -4.56. The molecule has 0 saturated carbocycles. The summed E-state index contributed by atoms with van der Waals surface area (Å²) in [4.78, 5) is 9.87. The van der Waals surface area contributed by atoms with Gasteiger partial charge in [0, 0.05) is 17.7 Å². The molecule has 0 bridgehead atoms. The Kier molecular flexibility index (Phi) is 4.09. The summed E-state index contributed by atoms with van der Waals surface area (Å²) in [6.45, 7) is 0. The number of pyridine rings is 1. The van der Waals surface area contributed by atoms with E-state index in [-0.39, 0.29) is 12.0 Å². The molecule has 0 N–H and O–H groups in total. The van der Waals surface area contributed by atoms with Crippen LogP contribution in [0.3, 0.4) is 0 Å². The molecule has 168 valence electrons. The third-order valence-electron chi connectivity index (χ3n) is 7.79. The number of rotatable bonds is 2. The highest BCUT2D eigenvalue weighted by atomic mass is 14.9. The number of nitrogens with zero attached hydrogens (tertiary/aromatic N) is 2. The van der Waals surface area contributed by atoms with E-state index in [0.29, 0.717) is 0 Å². The molecule has 0 saturated heterocycles. The van der Waals surface area contributed by atoms with E-state index in [1.54, 1.807) is 0 Å². The zero-order valence-electron chi connectivity index (χ0n) is 19.6. The van der Waals surface area contributed by atoms with Crippen LogP contribution in [0, 0.1) is 5.92 Å². The van der Waals surface area contributed by atoms with Crippen molar-refractivity contribution in [3.63, 3.8) is 0 Å². The molecule has 2 unspecified atom stereocenters. The van der Waals surface area contributed by atoms with Crippen LogP contribution in [0.5, 0.6) is 0 Å². The topological polar surface area (TPSA) is 25.2 Å². The molecule has 2 heteroatoms. The minimum Gasteiger partial charge on any atom is -0.274 e. The van der Waals surface area contributed by atoms with Crippen LogP contribution in [0.2, 0.25) is 0 Å². The van der Waals surface area contributed by atoms with Gasteiger partial charge in [0.2, 0.25) is 0 Å². The summed E-state index contributed by atoms with van der Waals surface area (Å²) < 4.78 is 0. The van der Waals surface area contributed by atoms with Gasteiger partial charge in [-0.3, -0.25) is 9.98 Å². The largest absolute Gasteiger partial charge is 0.274 e. The molecule has 1 aliphatic heterocycles. The molecule has 3 aliphatic rings. The molecule has 5 aromatic rings. The molecular formula is C34H22N2. The Bertz CT molecular complexity index is 1770. The molecule has 8 rings (SSSR count). The maximum absolute atomic E-state index is 5.19. The molecule has 0 amide bonds. The van der Waals surface area contributed by atoms with Crippen molar-refractivity contribution in [2.24, 2.45) is 10.9 Å². The van der Waals surface area contributed by atoms with Crippen LogP contribution in [-0.2, 0) is 0 Å². The monoisotopic (exact) mass is 458 g/mol. The third kappa shape index (κ3) is 2.79. The summed E-state index contributed by atoms with van der Waals surface area (Å²) in [5.74, 6) is 0.262. The van der Waals surface area contributed by atoms with Gasteiger partial charge in [-0.05, 0) is 67.9 Å². The second kappa shape index (κ2) is 7.47. The number of fused-ring (bicyclic) bond motifs is 6. The fourth-order valence-electron chi connectivity index (χ4n) is 6.11. The van der Waals surface area contributed by atoms with Gasteiger partial charge in [-0.15, -0.1) is 0 Å². The van der Waals surface area contributed by atoms with Crippen molar-refractivity contribution < 1.29 is 0 Å². The number of allylic oxidation sites excluding steroid dienone is 1. The summed E-state index contributed by atoms with van der Waals surface area (Å²) in [6.07, 6.45) is 10.7. The fourth-order valence-corrected chi connectivity index (χ4v) is 6.11. The first-order valence-corrected chi connectivity index (χ1v) is 12.5. The second-order valence-corrected chi connectivity index (χ2v) is 9.75. The number of dihydropyridines is 1. The highest BCUT2D eigenvalue weighted by Gasteiger charge is 2.28. The van der Waals surface area contributed by atoms with Crippen molar-refractivity contribution in [3.8, 4) is 33.4 Å². The molecule has 1 aromatic heterocycles. The molecule has 2 atom stereocenters. The number of hydrogen-bond donors (Lipinski definition) is 0. The number of aliphatic imine (C=N–C) groups is 1. The van der Waals surface area contributed by atoms with Gasteiger partial charge in [0.15, 0.2) is 0 Å². The average Bonchev–Trinajstić information content (AvgIpc) is 3.28. The van der Waals surface area contributed by atoms with E-state index in [9.17, 15) is 0 Å². The standard InChI is InChI=1S/C34H22N2/c1-2-10-27-26(9-1)29-12-4-11-28-25(16-17-30(27)32(28)29)23-6-3-7-24(20-23)31-18-15-22-14-13-21-8-5-19-35-33(21)34(22)36-31/h1-20,22,34H. The fraction of sp³-hybridized carbons (Fsp3) is 0.0588. The van der Waals surface area contributed by atoms with E-state index in [0.717, 1.165) is 17.0 Å². The Morgan fingerprint density at radius 3 is 2.25 bits per heavy atom. The predicted octanol–water partition coefficient (Wildman–Crippen LogP) is 8.29. The maximum Gasteiger partial charge on any atom is 0.103 e. The lowest BCUT2D eigenvalue weighted by molar-refractivity contribution is 0.591. The van der Waals surface area contributed by atoms with Gasteiger partial charge in [-0.25, -0.2) is 0 Å². The lowest BCUT2D eigenvalue weighted by atomic mass is 9.85. The summed E-state index contributed by atoms with van der Waals surface area (Å²) in [7, 11) is 0. The molecule has 36 heavy (non-hydrogen) atoms. The molecule has 2 nitrogen and oxygen atoms in total. The van der Waals surface area contributed by atoms with Crippen molar-refractivity contribution in [2.75, 3.05) is 0 Å².